The van der Waals surface area contributed by atoms with Crippen LogP contribution in [-0.2, 0) is 0 Å². The molecule has 3 aliphatic rings. The van der Waals surface area contributed by atoms with E-state index in [-0.39, 0.29) is 5.25 Å². The Morgan fingerprint density at radius 2 is 1.19 bits per heavy atom. The summed E-state index contributed by atoms with van der Waals surface area (Å²) < 4.78 is 2.46. The fourth-order valence-electron chi connectivity index (χ4n) is 6.50. The Balaban J connectivity index is 1.61. The van der Waals surface area contributed by atoms with Gasteiger partial charge in [0.25, 0.3) is 0 Å². The highest BCUT2D eigenvalue weighted by Crippen LogP contribution is 2.52. The molecule has 0 bridgehead atoms. The molecule has 1 heterocycles. The van der Waals surface area contributed by atoms with Gasteiger partial charge < -0.3 is 0 Å². The molecule has 4 aromatic carbocycles. The van der Waals surface area contributed by atoms with Crippen LogP contribution in [0.5, 0.6) is 0 Å². The van der Waals surface area contributed by atoms with Gasteiger partial charge in [0.2, 0.25) is 11.4 Å². The van der Waals surface area contributed by atoms with Crippen molar-refractivity contribution in [3.05, 3.63) is 119 Å². The van der Waals surface area contributed by atoms with Crippen LogP contribution < -0.4 is 0 Å². The molecule has 0 N–H and O–H groups in total. The molecule has 0 radical (unpaired) electrons. The van der Waals surface area contributed by atoms with Crippen molar-refractivity contribution < 1.29 is 4.58 Å². The molecule has 2 aliphatic carbocycles. The number of aryl methyl sites for hydroxylation is 2. The predicted molar refractivity (Wildman–Crippen MR) is 154 cm³/mol. The average molecular weight is 483 g/mol. The summed E-state index contributed by atoms with van der Waals surface area (Å²) in [5, 5.41) is 0.275. The molecule has 0 amide bonds. The van der Waals surface area contributed by atoms with Crippen LogP contribution in [0.15, 0.2) is 101 Å². The van der Waals surface area contributed by atoms with Crippen LogP contribution >= 0.6 is 11.8 Å². The molecule has 0 saturated heterocycles. The lowest BCUT2D eigenvalue weighted by Gasteiger charge is -2.32. The summed E-state index contributed by atoms with van der Waals surface area (Å²) in [5.41, 5.74) is 17.4. The van der Waals surface area contributed by atoms with Crippen molar-refractivity contribution in [2.45, 2.75) is 30.9 Å². The summed E-state index contributed by atoms with van der Waals surface area (Å²) in [6.07, 6.45) is 2.53. The summed E-state index contributed by atoms with van der Waals surface area (Å²) in [4.78, 5) is 1.38. The number of nitrogens with zero attached hydrogens (tertiary/aromatic N) is 1. The van der Waals surface area contributed by atoms with Gasteiger partial charge in [-0.2, -0.15) is 4.58 Å². The second-order valence-corrected chi connectivity index (χ2v) is 11.3. The minimum absolute atomic E-state index is 0.275. The Bertz CT molecular complexity index is 1700. The molecule has 2 heteroatoms. The largest absolute Gasteiger partial charge is 0.221 e. The molecule has 36 heavy (non-hydrogen) atoms. The van der Waals surface area contributed by atoms with Crippen molar-refractivity contribution in [2.24, 2.45) is 0 Å². The molecule has 7 rings (SSSR count). The van der Waals surface area contributed by atoms with Gasteiger partial charge in [0, 0.05) is 11.1 Å². The van der Waals surface area contributed by atoms with Crippen molar-refractivity contribution in [3.8, 4) is 22.3 Å². The highest BCUT2D eigenvalue weighted by atomic mass is 32.2. The fraction of sp³-hybridized carbons (Fsp3) is 0.147. The van der Waals surface area contributed by atoms with Gasteiger partial charge in [0.15, 0.2) is 0 Å². The molecular weight excluding hydrogens is 454 g/mol. The van der Waals surface area contributed by atoms with Gasteiger partial charge in [-0.15, -0.1) is 11.8 Å². The summed E-state index contributed by atoms with van der Waals surface area (Å²) >= 11 is 2.00. The summed E-state index contributed by atoms with van der Waals surface area (Å²) in [7, 11) is 2.25. The predicted octanol–water partition coefficient (Wildman–Crippen LogP) is 8.71. The van der Waals surface area contributed by atoms with Crippen LogP contribution in [0.1, 0.15) is 29.2 Å². The number of hydrogen-bond donors (Lipinski definition) is 0. The van der Waals surface area contributed by atoms with Crippen molar-refractivity contribution in [2.75, 3.05) is 7.05 Å². The maximum Gasteiger partial charge on any atom is 0.221 e. The Kier molecular flexibility index (Phi) is 4.78. The number of allylic oxidation sites excluding steroid dienone is 3. The zero-order chi connectivity index (χ0) is 24.6. The number of hydrogen-bond acceptors (Lipinski definition) is 1. The van der Waals surface area contributed by atoms with Crippen molar-refractivity contribution in [1.29, 1.82) is 0 Å². The zero-order valence-corrected chi connectivity index (χ0v) is 21.9. The topological polar surface area (TPSA) is 3.01 Å². The Hall–Kier alpha value is -3.62. The van der Waals surface area contributed by atoms with Crippen LogP contribution in [0.3, 0.4) is 0 Å². The van der Waals surface area contributed by atoms with E-state index in [9.17, 15) is 0 Å². The van der Waals surface area contributed by atoms with Crippen LogP contribution in [0.25, 0.3) is 33.4 Å². The Morgan fingerprint density at radius 1 is 0.667 bits per heavy atom. The lowest BCUT2D eigenvalue weighted by molar-refractivity contribution is -0.409. The zero-order valence-electron chi connectivity index (χ0n) is 21.1. The second-order valence-electron chi connectivity index (χ2n) is 10.1. The van der Waals surface area contributed by atoms with Gasteiger partial charge in [0.1, 0.15) is 12.3 Å². The highest BCUT2D eigenvalue weighted by Gasteiger charge is 2.40. The molecule has 1 unspecified atom stereocenters. The molecule has 1 nitrogen and oxygen atoms in total. The third-order valence-corrected chi connectivity index (χ3v) is 9.08. The van der Waals surface area contributed by atoms with Gasteiger partial charge in [-0.05, 0) is 83.0 Å². The SMILES string of the molecule is CC1=C2C(=CC3Sc4cc(C)cc(C)c4[N+](C)=C13)c1ccccc1-c1ccccc1-c1ccccc12. The van der Waals surface area contributed by atoms with E-state index in [0.717, 1.165) is 0 Å². The first-order valence-electron chi connectivity index (χ1n) is 12.6. The Morgan fingerprint density at radius 3 is 1.83 bits per heavy atom. The normalized spacial score (nSPS) is 17.6. The van der Waals surface area contributed by atoms with Crippen LogP contribution in [0.4, 0.5) is 5.69 Å². The Labute approximate surface area is 217 Å². The molecule has 0 spiro atoms. The van der Waals surface area contributed by atoms with E-state index in [4.69, 9.17) is 0 Å². The fourth-order valence-corrected chi connectivity index (χ4v) is 8.09. The first-order valence-corrected chi connectivity index (χ1v) is 13.5. The summed E-state index contributed by atoms with van der Waals surface area (Å²) in [5.74, 6) is 0. The molecule has 4 aromatic rings. The molecule has 0 aromatic heterocycles. The molecule has 174 valence electrons. The molecular formula is C34H28NS+. The average Bonchev–Trinajstić information content (AvgIpc) is 2.87. The number of benzene rings is 4. The quantitative estimate of drug-likeness (QED) is 0.227. The van der Waals surface area contributed by atoms with E-state index in [1.165, 1.54) is 77.5 Å². The van der Waals surface area contributed by atoms with Gasteiger partial charge in [-0.1, -0.05) is 78.9 Å². The summed E-state index contributed by atoms with van der Waals surface area (Å²) in [6.45, 7) is 6.78. The van der Waals surface area contributed by atoms with Crippen LogP contribution in [-0.4, -0.2) is 22.6 Å². The lowest BCUT2D eigenvalue weighted by atomic mass is 9.75. The smallest absolute Gasteiger partial charge is 0.196 e. The number of fused-ring (bicyclic) bond motifs is 10. The van der Waals surface area contributed by atoms with E-state index in [1.54, 1.807) is 0 Å². The van der Waals surface area contributed by atoms with Gasteiger partial charge >= 0.3 is 0 Å². The second kappa shape index (κ2) is 7.94. The molecule has 1 atom stereocenters. The van der Waals surface area contributed by atoms with Crippen LogP contribution in [0.2, 0.25) is 0 Å². The van der Waals surface area contributed by atoms with Gasteiger partial charge in [-0.25, -0.2) is 0 Å². The van der Waals surface area contributed by atoms with Crippen molar-refractivity contribution >= 4 is 34.3 Å². The van der Waals surface area contributed by atoms with E-state index in [0.29, 0.717) is 0 Å². The minimum Gasteiger partial charge on any atom is -0.196 e. The number of thioether (sulfide) groups is 1. The third-order valence-electron chi connectivity index (χ3n) is 7.90. The monoisotopic (exact) mass is 482 g/mol. The lowest BCUT2D eigenvalue weighted by Crippen LogP contribution is -2.32. The first-order chi connectivity index (χ1) is 17.5. The maximum atomic E-state index is 2.53. The van der Waals surface area contributed by atoms with Gasteiger partial charge in [0.05, 0.1) is 4.90 Å². The third kappa shape index (κ3) is 3.01. The van der Waals surface area contributed by atoms with Crippen molar-refractivity contribution in [3.63, 3.8) is 0 Å². The maximum absolute atomic E-state index is 2.53. The molecule has 0 saturated carbocycles. The van der Waals surface area contributed by atoms with E-state index in [2.05, 4.69) is 123 Å². The number of rotatable bonds is 0. The highest BCUT2D eigenvalue weighted by molar-refractivity contribution is 8.01. The standard InChI is InChI=1S/C34H28NS/c1-20-17-21(2)33-30(18-20)36-31-19-29-27-15-8-7-13-25(27)23-11-5-6-12-24(23)26-14-9-10-16-28(26)32(29)22(3)34(31)35(33)4/h5-19,31H,1-4H3/q+1. The van der Waals surface area contributed by atoms with Crippen LogP contribution in [0, 0.1) is 13.8 Å². The molecule has 1 aliphatic heterocycles. The minimum atomic E-state index is 0.275. The van der Waals surface area contributed by atoms with Crippen molar-refractivity contribution in [1.82, 2.24) is 0 Å². The first kappa shape index (κ1) is 21.6. The van der Waals surface area contributed by atoms with E-state index >= 15 is 0 Å². The van der Waals surface area contributed by atoms with Gasteiger partial charge in [-0.3, -0.25) is 0 Å². The summed E-state index contributed by atoms with van der Waals surface area (Å²) in [6, 6.07) is 31.5. The van der Waals surface area contributed by atoms with E-state index < -0.39 is 0 Å². The molecule has 0 fully saturated rings. The van der Waals surface area contributed by atoms with E-state index in [1.807, 2.05) is 11.8 Å².